The third-order valence-corrected chi connectivity index (χ3v) is 6.54. The Morgan fingerprint density at radius 2 is 2.15 bits per heavy atom. The van der Waals surface area contributed by atoms with Gasteiger partial charge in [-0.15, -0.1) is 16.8 Å². The van der Waals surface area contributed by atoms with Crippen LogP contribution in [-0.4, -0.2) is 39.8 Å². The minimum atomic E-state index is 0.0521. The van der Waals surface area contributed by atoms with Crippen molar-refractivity contribution in [1.82, 2.24) is 15.1 Å². The summed E-state index contributed by atoms with van der Waals surface area (Å²) in [5.74, 6) is 0.912. The van der Waals surface area contributed by atoms with E-state index in [9.17, 15) is 4.79 Å². The number of nitrogens with one attached hydrogen (secondary N) is 1. The summed E-state index contributed by atoms with van der Waals surface area (Å²) in [5.41, 5.74) is 2.70. The predicted octanol–water partition coefficient (Wildman–Crippen LogP) is 3.98. The Hall–Kier alpha value is -1.70. The molecule has 3 rings (SSSR count). The van der Waals surface area contributed by atoms with Crippen molar-refractivity contribution in [2.24, 2.45) is 5.92 Å². The first-order valence-electron chi connectivity index (χ1n) is 8.80. The molecule has 1 amide bonds. The Kier molecular flexibility index (Phi) is 6.82. The zero-order valence-electron chi connectivity index (χ0n) is 15.0. The van der Waals surface area contributed by atoms with E-state index in [2.05, 4.69) is 58.2 Å². The van der Waals surface area contributed by atoms with Gasteiger partial charge in [-0.1, -0.05) is 53.4 Å². The lowest BCUT2D eigenvalue weighted by molar-refractivity contribution is -0.121. The first-order chi connectivity index (χ1) is 12.7. The van der Waals surface area contributed by atoms with Gasteiger partial charge in [0.1, 0.15) is 0 Å². The van der Waals surface area contributed by atoms with E-state index in [1.54, 1.807) is 11.8 Å². The zero-order valence-corrected chi connectivity index (χ0v) is 16.6. The van der Waals surface area contributed by atoms with Crippen molar-refractivity contribution < 1.29 is 4.79 Å². The van der Waals surface area contributed by atoms with Crippen LogP contribution in [0.3, 0.4) is 0 Å². The molecule has 1 aromatic heterocycles. The molecule has 138 valence electrons. The number of benzene rings is 1. The van der Waals surface area contributed by atoms with Crippen LogP contribution in [0.2, 0.25) is 0 Å². The lowest BCUT2D eigenvalue weighted by Crippen LogP contribution is -2.37. The van der Waals surface area contributed by atoms with Crippen molar-refractivity contribution in [3.63, 3.8) is 0 Å². The second kappa shape index (κ2) is 9.30. The lowest BCUT2D eigenvalue weighted by atomic mass is 9.95. The maximum atomic E-state index is 12.5. The predicted molar refractivity (Wildman–Crippen MR) is 109 cm³/mol. The van der Waals surface area contributed by atoms with Crippen LogP contribution in [0.4, 0.5) is 5.13 Å². The molecule has 5 nitrogen and oxygen atoms in total. The normalized spacial score (nSPS) is 15.7. The first-order valence-corrected chi connectivity index (χ1v) is 10.6. The van der Waals surface area contributed by atoms with E-state index in [0.29, 0.717) is 5.13 Å². The molecule has 1 aliphatic heterocycles. The molecule has 2 heterocycles. The maximum Gasteiger partial charge on any atom is 0.229 e. The number of nitrogens with zero attached hydrogens (tertiary/aromatic N) is 3. The van der Waals surface area contributed by atoms with E-state index in [1.807, 2.05) is 6.08 Å². The molecule has 1 aliphatic rings. The number of rotatable bonds is 7. The van der Waals surface area contributed by atoms with Crippen LogP contribution in [0.5, 0.6) is 0 Å². The fourth-order valence-corrected chi connectivity index (χ4v) is 4.55. The van der Waals surface area contributed by atoms with E-state index in [4.69, 9.17) is 0 Å². The molecule has 0 saturated carbocycles. The van der Waals surface area contributed by atoms with Crippen molar-refractivity contribution in [1.29, 1.82) is 0 Å². The quantitative estimate of drug-likeness (QED) is 0.442. The smallest absolute Gasteiger partial charge is 0.229 e. The molecule has 1 fully saturated rings. The minimum Gasteiger partial charge on any atom is -0.300 e. The van der Waals surface area contributed by atoms with Crippen molar-refractivity contribution in [3.8, 4) is 0 Å². The monoisotopic (exact) mass is 388 g/mol. The highest BCUT2D eigenvalue weighted by molar-refractivity contribution is 8.01. The maximum absolute atomic E-state index is 12.5. The molecule has 0 radical (unpaired) electrons. The number of aryl methyl sites for hydroxylation is 1. The standard InChI is InChI=1S/C19H24N4OS2/c1-3-12-25-19-22-21-18(26-19)20-17(24)15-8-10-23(11-9-15)13-16-7-5-4-6-14(16)2/h3-7,15H,1,8-13H2,2H3,(H,20,21,24). The van der Waals surface area contributed by atoms with E-state index < -0.39 is 0 Å². The molecule has 0 aliphatic carbocycles. The number of anilines is 1. The van der Waals surface area contributed by atoms with Crippen molar-refractivity contribution in [3.05, 3.63) is 48.0 Å². The molecule has 2 aromatic rings. The second-order valence-corrected chi connectivity index (χ2v) is 8.68. The fraction of sp³-hybridized carbons (Fsp3) is 0.421. The Morgan fingerprint density at radius 1 is 1.38 bits per heavy atom. The summed E-state index contributed by atoms with van der Waals surface area (Å²) < 4.78 is 0.855. The average Bonchev–Trinajstić information content (AvgIpc) is 3.10. The van der Waals surface area contributed by atoms with Crippen molar-refractivity contribution >= 4 is 34.1 Å². The van der Waals surface area contributed by atoms with Crippen LogP contribution in [0.1, 0.15) is 24.0 Å². The third kappa shape index (κ3) is 5.16. The van der Waals surface area contributed by atoms with E-state index in [0.717, 1.165) is 42.6 Å². The number of piperidine rings is 1. The van der Waals surface area contributed by atoms with Gasteiger partial charge in [-0.05, 0) is 44.0 Å². The molecular formula is C19H24N4OS2. The number of hydrogen-bond donors (Lipinski definition) is 1. The van der Waals surface area contributed by atoms with E-state index in [1.165, 1.54) is 22.5 Å². The van der Waals surface area contributed by atoms with Gasteiger partial charge < -0.3 is 5.32 Å². The van der Waals surface area contributed by atoms with Gasteiger partial charge >= 0.3 is 0 Å². The second-order valence-electron chi connectivity index (χ2n) is 6.44. The number of thioether (sulfide) groups is 1. The van der Waals surface area contributed by atoms with Gasteiger partial charge in [0.05, 0.1) is 0 Å². The van der Waals surface area contributed by atoms with Crippen molar-refractivity contribution in [2.75, 3.05) is 24.2 Å². The molecule has 1 aromatic carbocycles. The number of hydrogen-bond acceptors (Lipinski definition) is 6. The summed E-state index contributed by atoms with van der Waals surface area (Å²) in [4.78, 5) is 14.9. The van der Waals surface area contributed by atoms with Crippen LogP contribution in [-0.2, 0) is 11.3 Å². The first kappa shape index (κ1) is 19.1. The lowest BCUT2D eigenvalue weighted by Gasteiger charge is -2.31. The molecule has 26 heavy (non-hydrogen) atoms. The minimum absolute atomic E-state index is 0.0521. The van der Waals surface area contributed by atoms with E-state index in [-0.39, 0.29) is 11.8 Å². The number of amides is 1. The largest absolute Gasteiger partial charge is 0.300 e. The van der Waals surface area contributed by atoms with Gasteiger partial charge in [0.2, 0.25) is 11.0 Å². The number of aromatic nitrogens is 2. The highest BCUT2D eigenvalue weighted by atomic mass is 32.2. The van der Waals surface area contributed by atoms with Gasteiger partial charge in [-0.25, -0.2) is 0 Å². The Bertz CT molecular complexity index is 754. The Morgan fingerprint density at radius 3 is 2.88 bits per heavy atom. The van der Waals surface area contributed by atoms with Gasteiger partial charge in [0, 0.05) is 18.2 Å². The Labute approximate surface area is 162 Å². The van der Waals surface area contributed by atoms with Crippen LogP contribution >= 0.6 is 23.1 Å². The number of carbonyl (C=O) groups excluding carboxylic acids is 1. The molecule has 7 heteroatoms. The van der Waals surface area contributed by atoms with Gasteiger partial charge in [0.25, 0.3) is 0 Å². The summed E-state index contributed by atoms with van der Waals surface area (Å²) in [6.07, 6.45) is 3.60. The summed E-state index contributed by atoms with van der Waals surface area (Å²) in [6, 6.07) is 8.50. The van der Waals surface area contributed by atoms with Gasteiger partial charge in [-0.3, -0.25) is 9.69 Å². The van der Waals surface area contributed by atoms with Crippen LogP contribution in [0.25, 0.3) is 0 Å². The molecule has 0 unspecified atom stereocenters. The number of carbonyl (C=O) groups is 1. The van der Waals surface area contributed by atoms with Crippen LogP contribution < -0.4 is 5.32 Å². The van der Waals surface area contributed by atoms with Crippen LogP contribution in [0, 0.1) is 12.8 Å². The fourth-order valence-electron chi connectivity index (χ4n) is 3.04. The highest BCUT2D eigenvalue weighted by Crippen LogP contribution is 2.27. The average molecular weight is 389 g/mol. The van der Waals surface area contributed by atoms with Crippen LogP contribution in [0.15, 0.2) is 41.3 Å². The molecule has 0 atom stereocenters. The van der Waals surface area contributed by atoms with E-state index >= 15 is 0 Å². The van der Waals surface area contributed by atoms with Gasteiger partial charge in [0.15, 0.2) is 4.34 Å². The summed E-state index contributed by atoms with van der Waals surface area (Å²) in [6.45, 7) is 8.70. The van der Waals surface area contributed by atoms with Crippen molar-refractivity contribution in [2.45, 2.75) is 30.6 Å². The number of likely N-dealkylation sites (tertiary alicyclic amines) is 1. The summed E-state index contributed by atoms with van der Waals surface area (Å²) in [5, 5.41) is 11.7. The molecule has 0 bridgehead atoms. The third-order valence-electron chi connectivity index (χ3n) is 4.57. The molecule has 1 saturated heterocycles. The van der Waals surface area contributed by atoms with Gasteiger partial charge in [-0.2, -0.15) is 0 Å². The summed E-state index contributed by atoms with van der Waals surface area (Å²) >= 11 is 2.99. The highest BCUT2D eigenvalue weighted by Gasteiger charge is 2.26. The summed E-state index contributed by atoms with van der Waals surface area (Å²) in [7, 11) is 0. The SMILES string of the molecule is C=CCSc1nnc(NC(=O)C2CCN(Cc3ccccc3C)CC2)s1. The molecule has 1 N–H and O–H groups in total. The zero-order chi connectivity index (χ0) is 18.4. The Balaban J connectivity index is 1.47. The molecular weight excluding hydrogens is 364 g/mol. The molecule has 0 spiro atoms. The topological polar surface area (TPSA) is 58.1 Å².